The molecule has 4 aromatic rings. The zero-order valence-electron chi connectivity index (χ0n) is 19.9. The molecule has 37 heavy (non-hydrogen) atoms. The number of nitrogens with zero attached hydrogens (tertiary/aromatic N) is 1. The van der Waals surface area contributed by atoms with Gasteiger partial charge >= 0.3 is 11.6 Å². The second-order valence-corrected chi connectivity index (χ2v) is 8.20. The molecule has 0 aliphatic carbocycles. The van der Waals surface area contributed by atoms with Gasteiger partial charge in [0.2, 0.25) is 0 Å². The fraction of sp³-hybridized carbons (Fsp3) is 0.148. The van der Waals surface area contributed by atoms with E-state index in [2.05, 4.69) is 5.32 Å². The van der Waals surface area contributed by atoms with E-state index in [-0.39, 0.29) is 23.5 Å². The van der Waals surface area contributed by atoms with Gasteiger partial charge in [-0.25, -0.2) is 9.59 Å². The molecule has 10 nitrogen and oxygen atoms in total. The second kappa shape index (κ2) is 10.7. The van der Waals surface area contributed by atoms with E-state index in [1.54, 1.807) is 30.3 Å². The third-order valence-corrected chi connectivity index (χ3v) is 5.53. The predicted molar refractivity (Wildman–Crippen MR) is 135 cm³/mol. The van der Waals surface area contributed by atoms with Crippen molar-refractivity contribution in [3.05, 3.63) is 110 Å². The summed E-state index contributed by atoms with van der Waals surface area (Å²) in [5.74, 6) is -0.907. The number of anilines is 1. The summed E-state index contributed by atoms with van der Waals surface area (Å²) in [4.78, 5) is 47.0. The van der Waals surface area contributed by atoms with Crippen molar-refractivity contribution in [2.45, 2.75) is 26.6 Å². The van der Waals surface area contributed by atoms with E-state index < -0.39 is 28.5 Å². The van der Waals surface area contributed by atoms with Crippen LogP contribution in [-0.2, 0) is 16.1 Å². The first-order valence-corrected chi connectivity index (χ1v) is 11.2. The highest BCUT2D eigenvalue weighted by Crippen LogP contribution is 2.24. The van der Waals surface area contributed by atoms with Crippen molar-refractivity contribution in [3.63, 3.8) is 0 Å². The number of nitrogens with one attached hydrogen (secondary N) is 1. The van der Waals surface area contributed by atoms with Crippen LogP contribution >= 0.6 is 0 Å². The maximum Gasteiger partial charge on any atom is 0.338 e. The lowest BCUT2D eigenvalue weighted by Crippen LogP contribution is -2.30. The van der Waals surface area contributed by atoms with E-state index in [1.807, 2.05) is 13.0 Å². The van der Waals surface area contributed by atoms with Crippen LogP contribution in [0.2, 0.25) is 0 Å². The van der Waals surface area contributed by atoms with Crippen molar-refractivity contribution in [1.29, 1.82) is 0 Å². The number of benzene rings is 3. The molecule has 0 aliphatic heterocycles. The number of carbonyl (C=O) groups is 2. The normalized spacial score (nSPS) is 11.5. The Morgan fingerprint density at radius 3 is 2.51 bits per heavy atom. The maximum absolute atomic E-state index is 12.5. The van der Waals surface area contributed by atoms with Crippen LogP contribution in [0.5, 0.6) is 5.75 Å². The van der Waals surface area contributed by atoms with Crippen LogP contribution in [0.1, 0.15) is 28.4 Å². The number of aryl methyl sites for hydroxylation is 1. The van der Waals surface area contributed by atoms with Crippen molar-refractivity contribution in [3.8, 4) is 5.75 Å². The molecule has 0 unspecified atom stereocenters. The highest BCUT2D eigenvalue weighted by Gasteiger charge is 2.22. The van der Waals surface area contributed by atoms with Crippen molar-refractivity contribution in [2.24, 2.45) is 0 Å². The Morgan fingerprint density at radius 2 is 1.78 bits per heavy atom. The second-order valence-electron chi connectivity index (χ2n) is 8.20. The predicted octanol–water partition coefficient (Wildman–Crippen LogP) is 4.77. The Hall–Kier alpha value is -4.99. The average molecular weight is 502 g/mol. The summed E-state index contributed by atoms with van der Waals surface area (Å²) in [5.41, 5.74) is 1.54. The van der Waals surface area contributed by atoms with Crippen molar-refractivity contribution in [1.82, 2.24) is 0 Å². The minimum Gasteiger partial charge on any atom is -0.489 e. The number of rotatable bonds is 8. The summed E-state index contributed by atoms with van der Waals surface area (Å²) in [6.07, 6.45) is -1.19. The van der Waals surface area contributed by atoms with Crippen LogP contribution in [0.3, 0.4) is 0 Å². The largest absolute Gasteiger partial charge is 0.489 e. The lowest BCUT2D eigenvalue weighted by Gasteiger charge is -2.14. The number of para-hydroxylation sites is 2. The summed E-state index contributed by atoms with van der Waals surface area (Å²) in [5, 5.41) is 14.3. The van der Waals surface area contributed by atoms with E-state index in [0.717, 1.165) is 16.5 Å². The number of fused-ring (bicyclic) bond motifs is 1. The van der Waals surface area contributed by atoms with Crippen LogP contribution < -0.4 is 15.7 Å². The van der Waals surface area contributed by atoms with Crippen molar-refractivity contribution >= 4 is 34.2 Å². The van der Waals surface area contributed by atoms with Crippen LogP contribution in [0.15, 0.2) is 82.0 Å². The standard InChI is InChI=1S/C27H22N2O8/c1-16-13-25(30)37-24-14-20(11-12-21(16)24)35-15-18-7-9-19(10-8-18)27(32)36-17(2)26(31)28-22-5-3-4-6-23(22)29(33)34/h3-14,17H,15H2,1-2H3,(H,28,31)/t17-/m0/s1. The number of nitro groups is 1. The Morgan fingerprint density at radius 1 is 1.05 bits per heavy atom. The molecule has 1 N–H and O–H groups in total. The zero-order chi connectivity index (χ0) is 26.5. The number of esters is 1. The minimum atomic E-state index is -1.19. The molecule has 0 aliphatic rings. The van der Waals surface area contributed by atoms with Gasteiger partial charge in [-0.05, 0) is 55.3 Å². The molecular weight excluding hydrogens is 480 g/mol. The van der Waals surface area contributed by atoms with Crippen molar-refractivity contribution in [2.75, 3.05) is 5.32 Å². The lowest BCUT2D eigenvalue weighted by atomic mass is 10.1. The highest BCUT2D eigenvalue weighted by atomic mass is 16.6. The smallest absolute Gasteiger partial charge is 0.338 e. The third-order valence-electron chi connectivity index (χ3n) is 5.53. The van der Waals surface area contributed by atoms with Gasteiger partial charge in [0.1, 0.15) is 23.6 Å². The van der Waals surface area contributed by atoms with E-state index in [9.17, 15) is 24.5 Å². The van der Waals surface area contributed by atoms with Crippen LogP contribution in [0.25, 0.3) is 11.0 Å². The Balaban J connectivity index is 1.34. The van der Waals surface area contributed by atoms with Gasteiger partial charge in [-0.1, -0.05) is 24.3 Å². The molecule has 0 radical (unpaired) electrons. The average Bonchev–Trinajstić information content (AvgIpc) is 2.87. The molecule has 1 atom stereocenters. The van der Waals surface area contributed by atoms with E-state index >= 15 is 0 Å². The monoisotopic (exact) mass is 502 g/mol. The molecule has 0 fully saturated rings. The molecule has 0 saturated heterocycles. The molecule has 1 heterocycles. The topological polar surface area (TPSA) is 138 Å². The van der Waals surface area contributed by atoms with Gasteiger partial charge in [0.15, 0.2) is 6.10 Å². The fourth-order valence-electron chi connectivity index (χ4n) is 3.55. The van der Waals surface area contributed by atoms with Gasteiger partial charge in [0, 0.05) is 23.6 Å². The summed E-state index contributed by atoms with van der Waals surface area (Å²) < 4.78 is 16.2. The van der Waals surface area contributed by atoms with E-state index in [0.29, 0.717) is 11.3 Å². The van der Waals surface area contributed by atoms with Gasteiger partial charge < -0.3 is 19.2 Å². The molecule has 4 rings (SSSR count). The van der Waals surface area contributed by atoms with Gasteiger partial charge in [0.25, 0.3) is 11.6 Å². The Kier molecular flexibility index (Phi) is 7.28. The molecule has 188 valence electrons. The molecule has 10 heteroatoms. The SMILES string of the molecule is Cc1cc(=O)oc2cc(OCc3ccc(C(=O)O[C@@H](C)C(=O)Nc4ccccc4[N+](=O)[O-])cc3)ccc12. The van der Waals surface area contributed by atoms with Gasteiger partial charge in [-0.3, -0.25) is 14.9 Å². The fourth-order valence-corrected chi connectivity index (χ4v) is 3.55. The zero-order valence-corrected chi connectivity index (χ0v) is 19.9. The first-order chi connectivity index (χ1) is 17.7. The number of ether oxygens (including phenoxy) is 2. The first kappa shape index (κ1) is 25.1. The Bertz CT molecular complexity index is 1540. The van der Waals surface area contributed by atoms with E-state index in [4.69, 9.17) is 13.9 Å². The first-order valence-electron chi connectivity index (χ1n) is 11.2. The maximum atomic E-state index is 12.5. The van der Waals surface area contributed by atoms with Crippen LogP contribution in [-0.4, -0.2) is 22.9 Å². The van der Waals surface area contributed by atoms with Crippen LogP contribution in [0.4, 0.5) is 11.4 Å². The number of hydrogen-bond acceptors (Lipinski definition) is 8. The molecule has 0 bridgehead atoms. The lowest BCUT2D eigenvalue weighted by molar-refractivity contribution is -0.383. The number of carbonyl (C=O) groups excluding carboxylic acids is 2. The Labute approximate surface area is 210 Å². The summed E-state index contributed by atoms with van der Waals surface area (Å²) in [6.45, 7) is 3.40. The molecule has 0 saturated carbocycles. The summed E-state index contributed by atoms with van der Waals surface area (Å²) in [6, 6.07) is 18.8. The molecule has 3 aromatic carbocycles. The number of hydrogen-bond donors (Lipinski definition) is 1. The minimum absolute atomic E-state index is 0.00781. The molecular formula is C27H22N2O8. The number of nitro benzene ring substituents is 1. The highest BCUT2D eigenvalue weighted by molar-refractivity contribution is 5.98. The van der Waals surface area contributed by atoms with E-state index in [1.165, 1.54) is 43.3 Å². The third kappa shape index (κ3) is 5.99. The molecule has 1 aromatic heterocycles. The van der Waals surface area contributed by atoms with Crippen molar-refractivity contribution < 1.29 is 28.4 Å². The number of amides is 1. The quantitative estimate of drug-likeness (QED) is 0.157. The molecule has 0 spiro atoms. The summed E-state index contributed by atoms with van der Waals surface area (Å²) >= 11 is 0. The van der Waals surface area contributed by atoms with Gasteiger partial charge in [0.05, 0.1) is 10.5 Å². The molecule has 1 amide bonds. The summed E-state index contributed by atoms with van der Waals surface area (Å²) in [7, 11) is 0. The van der Waals surface area contributed by atoms with Crippen LogP contribution in [0, 0.1) is 17.0 Å². The van der Waals surface area contributed by atoms with Gasteiger partial charge in [-0.2, -0.15) is 0 Å². The van der Waals surface area contributed by atoms with Gasteiger partial charge in [-0.15, -0.1) is 0 Å².